The third-order valence-corrected chi connectivity index (χ3v) is 10.8. The van der Waals surface area contributed by atoms with Gasteiger partial charge in [-0.15, -0.1) is 0 Å². The first-order valence-corrected chi connectivity index (χ1v) is 14.8. The molecule has 2 rings (SSSR count). The Balaban J connectivity index is 0.00000100. The van der Waals surface area contributed by atoms with Gasteiger partial charge in [-0.05, 0) is 17.9 Å². The third-order valence-electron chi connectivity index (χ3n) is 6.05. The summed E-state index contributed by atoms with van der Waals surface area (Å²) in [5, 5.41) is 4.70. The minimum atomic E-state index is -2.46. The first kappa shape index (κ1) is 26.4. The van der Waals surface area contributed by atoms with Crippen LogP contribution in [0.3, 0.4) is 0 Å². The van der Waals surface area contributed by atoms with Gasteiger partial charge in [0, 0.05) is 0 Å². The molecule has 0 spiro atoms. The molecule has 27 heavy (non-hydrogen) atoms. The van der Waals surface area contributed by atoms with Crippen molar-refractivity contribution in [3.05, 3.63) is 45.4 Å². The van der Waals surface area contributed by atoms with E-state index in [1.165, 1.54) is 36.0 Å². The molecular weight excluding hydrogens is 382 g/mol. The fraction of sp³-hybridized carbons (Fsp3) is 0.609. The van der Waals surface area contributed by atoms with Gasteiger partial charge in [0.1, 0.15) is 0 Å². The van der Waals surface area contributed by atoms with E-state index in [9.17, 15) is 4.79 Å². The third kappa shape index (κ3) is 7.03. The molecule has 0 aromatic rings. The Morgan fingerprint density at radius 2 is 1.67 bits per heavy atom. The van der Waals surface area contributed by atoms with Crippen LogP contribution in [0.2, 0.25) is 10.5 Å². The van der Waals surface area contributed by atoms with Crippen molar-refractivity contribution in [3.63, 3.8) is 0 Å². The Morgan fingerprint density at radius 3 is 2.04 bits per heavy atom. The summed E-state index contributed by atoms with van der Waals surface area (Å²) in [5.74, 6) is 1.14. The van der Waals surface area contributed by atoms with Gasteiger partial charge in [0.25, 0.3) is 0 Å². The second kappa shape index (κ2) is 12.0. The normalized spacial score (nSPS) is 20.9. The number of hydrogen-bond acceptors (Lipinski definition) is 1. The topological polar surface area (TPSA) is 29.1 Å². The van der Waals surface area contributed by atoms with E-state index in [1.54, 1.807) is 9.95 Å². The Labute approximate surface area is 176 Å². The van der Waals surface area contributed by atoms with Crippen LogP contribution in [0.5, 0.6) is 0 Å². The summed E-state index contributed by atoms with van der Waals surface area (Å²) in [5.41, 5.74) is 4.39. The average Bonchev–Trinajstić information content (AvgIpc) is 2.80. The van der Waals surface area contributed by atoms with Crippen LogP contribution in [0.1, 0.15) is 66.7 Å². The van der Waals surface area contributed by atoms with Gasteiger partial charge >= 0.3 is 134 Å². The fourth-order valence-electron chi connectivity index (χ4n) is 4.35. The molecule has 1 N–H and O–H groups in total. The molecule has 1 fully saturated rings. The van der Waals surface area contributed by atoms with Crippen molar-refractivity contribution in [1.29, 1.82) is 0 Å². The van der Waals surface area contributed by atoms with Crippen LogP contribution < -0.4 is 3.80 Å². The van der Waals surface area contributed by atoms with Crippen LogP contribution in [-0.4, -0.2) is 16.9 Å². The van der Waals surface area contributed by atoms with E-state index in [0.29, 0.717) is 11.8 Å². The van der Waals surface area contributed by atoms with Crippen LogP contribution in [-0.2, 0) is 21.6 Å². The molecular formula is C23H43NOSiTi. The molecule has 0 bridgehead atoms. The minimum absolute atomic E-state index is 0. The summed E-state index contributed by atoms with van der Waals surface area (Å²) >= 11 is -2.46. The zero-order chi connectivity index (χ0) is 19.9. The zero-order valence-electron chi connectivity index (χ0n) is 18.0. The molecule has 1 amide bonds. The summed E-state index contributed by atoms with van der Waals surface area (Å²) in [4.78, 5) is 12.6. The van der Waals surface area contributed by atoms with Crippen molar-refractivity contribution >= 4 is 16.9 Å². The van der Waals surface area contributed by atoms with E-state index < -0.39 is 16.8 Å². The van der Waals surface area contributed by atoms with Gasteiger partial charge in [-0.1, -0.05) is 24.8 Å². The Bertz CT molecular complexity index is 610. The van der Waals surface area contributed by atoms with Crippen molar-refractivity contribution in [3.8, 4) is 0 Å². The quantitative estimate of drug-likeness (QED) is 0.474. The van der Waals surface area contributed by atoms with Crippen LogP contribution in [0.15, 0.2) is 45.4 Å². The molecule has 0 aliphatic heterocycles. The first-order valence-electron chi connectivity index (χ1n) is 10.1. The number of amides is 1. The molecule has 1 atom stereocenters. The summed E-state index contributed by atoms with van der Waals surface area (Å²) in [7, 11) is 0. The van der Waals surface area contributed by atoms with Gasteiger partial charge in [-0.3, -0.25) is 0 Å². The molecule has 4 heteroatoms. The van der Waals surface area contributed by atoms with Gasteiger partial charge < -0.3 is 0 Å². The average molecular weight is 426 g/mol. The fourth-order valence-corrected chi connectivity index (χ4v) is 9.63. The summed E-state index contributed by atoms with van der Waals surface area (Å²) < 4.78 is 5.11. The predicted octanol–water partition coefficient (Wildman–Crippen LogP) is 5.41. The molecule has 2 aliphatic rings. The second-order valence-electron chi connectivity index (χ2n) is 8.28. The van der Waals surface area contributed by atoms with Crippen molar-refractivity contribution in [2.45, 2.75) is 77.2 Å². The van der Waals surface area contributed by atoms with Gasteiger partial charge in [-0.2, -0.15) is 0 Å². The number of carbonyl (C=O) groups is 1. The maximum atomic E-state index is 12.6. The van der Waals surface area contributed by atoms with Crippen LogP contribution >= 0.6 is 0 Å². The summed E-state index contributed by atoms with van der Waals surface area (Å²) in [6.45, 7) is 14.5. The van der Waals surface area contributed by atoms with Crippen LogP contribution in [0.25, 0.3) is 0 Å². The van der Waals surface area contributed by atoms with Crippen molar-refractivity contribution < 1.29 is 21.6 Å². The van der Waals surface area contributed by atoms with E-state index in [1.807, 2.05) is 19.1 Å². The maximum absolute atomic E-state index is 12.6. The monoisotopic (exact) mass is 425 g/mol. The van der Waals surface area contributed by atoms with Crippen LogP contribution in [0, 0.1) is 11.8 Å². The molecule has 0 radical (unpaired) electrons. The molecule has 1 saturated carbocycles. The Hall–Kier alpha value is -0.639. The van der Waals surface area contributed by atoms with Gasteiger partial charge in [0.15, 0.2) is 0 Å². The summed E-state index contributed by atoms with van der Waals surface area (Å²) in [6.07, 6.45) is 11.5. The molecule has 154 valence electrons. The first-order chi connectivity index (χ1) is 12.2. The van der Waals surface area contributed by atoms with E-state index in [0.717, 1.165) is 12.8 Å². The van der Waals surface area contributed by atoms with Gasteiger partial charge in [-0.25, -0.2) is 0 Å². The zero-order valence-corrected chi connectivity index (χ0v) is 19.6. The van der Waals surface area contributed by atoms with E-state index in [4.69, 9.17) is 0 Å². The smallest absolute Gasteiger partial charge is 0.0149 e. The number of allylic oxidation sites excluding steroid dienone is 7. The van der Waals surface area contributed by atoms with Crippen molar-refractivity contribution in [2.75, 3.05) is 0 Å². The number of nitrogens with one attached hydrogen (secondary N) is 1. The van der Waals surface area contributed by atoms with E-state index in [2.05, 4.69) is 48.5 Å². The molecule has 1 unspecified atom stereocenters. The minimum Gasteiger partial charge on any atom is -0.0149 e. The van der Waals surface area contributed by atoms with Crippen LogP contribution in [0.4, 0.5) is 0 Å². The molecule has 0 heterocycles. The summed E-state index contributed by atoms with van der Waals surface area (Å²) in [6, 6.07) is 0. The SMILES string of the molecule is C=CC=CC.CC1=C(C)C(C)[C]([Ti]([CH3])([CH3])[NH]C(=O)C2CCCCC2)=C1C.[SiH4]. The Kier molecular flexibility index (Phi) is 11.8. The number of carbonyl (C=O) groups excluding carboxylic acids is 1. The predicted molar refractivity (Wildman–Crippen MR) is 123 cm³/mol. The van der Waals surface area contributed by atoms with Gasteiger partial charge in [0.2, 0.25) is 0 Å². The van der Waals surface area contributed by atoms with Crippen molar-refractivity contribution in [1.82, 2.24) is 3.80 Å². The molecule has 2 nitrogen and oxygen atoms in total. The number of hydrogen-bond donors (Lipinski definition) is 1. The van der Waals surface area contributed by atoms with Crippen molar-refractivity contribution in [2.24, 2.45) is 11.8 Å². The molecule has 0 aromatic heterocycles. The molecule has 0 saturated heterocycles. The second-order valence-corrected chi connectivity index (χ2v) is 14.6. The van der Waals surface area contributed by atoms with E-state index in [-0.39, 0.29) is 16.9 Å². The maximum Gasteiger partial charge on any atom is -0.0149 e. The Morgan fingerprint density at radius 1 is 1.11 bits per heavy atom. The van der Waals surface area contributed by atoms with Gasteiger partial charge in [0.05, 0.1) is 0 Å². The molecule has 0 aromatic carbocycles. The number of rotatable bonds is 4. The van der Waals surface area contributed by atoms with E-state index >= 15 is 0 Å². The molecule has 2 aliphatic carbocycles. The largest absolute Gasteiger partial charge is 0.0149 e. The standard InChI is InChI=1S/C9H13.C7H13NO.C5H8.2CH3.H4Si.Ti/c1-6-5-7(2)9(4)8(6)3;8-7(9)6-4-2-1-3-5-6;1-3-5-4-2;;;;/h6H,1-4H3;6H,1-5H2,(H2,8,9);3-5H,1H2,2H3;2*1H3;1H4;/q;;;;;;+1/p-1.